The van der Waals surface area contributed by atoms with Gasteiger partial charge in [0.05, 0.1) is 11.6 Å². The first-order chi connectivity index (χ1) is 24.7. The predicted molar refractivity (Wildman–Crippen MR) is 212 cm³/mol. The third-order valence-electron chi connectivity index (χ3n) is 10.2. The number of hydrogen-bond acceptors (Lipinski definition) is 2. The van der Waals surface area contributed by atoms with E-state index in [1.807, 2.05) is 18.2 Å². The molecular weight excluding hydrogens is 609 g/mol. The van der Waals surface area contributed by atoms with Crippen LogP contribution >= 0.6 is 0 Å². The second kappa shape index (κ2) is 12.4. The van der Waals surface area contributed by atoms with E-state index in [2.05, 4.69) is 135 Å². The molecule has 0 atom stereocenters. The molecule has 5 aromatic carbocycles. The Kier molecular flexibility index (Phi) is 7.43. The lowest BCUT2D eigenvalue weighted by molar-refractivity contribution is 0.594. The summed E-state index contributed by atoms with van der Waals surface area (Å²) in [5.74, 6) is 0.949. The topological polar surface area (TPSA) is 26.3 Å². The lowest BCUT2D eigenvalue weighted by atomic mass is 9.83. The van der Waals surface area contributed by atoms with Crippen molar-refractivity contribution in [2.45, 2.75) is 25.7 Å². The van der Waals surface area contributed by atoms with E-state index in [4.69, 9.17) is 8.83 Å². The molecule has 2 aliphatic rings. The van der Waals surface area contributed by atoms with E-state index in [1.165, 1.54) is 38.1 Å². The van der Waals surface area contributed by atoms with Gasteiger partial charge in [0.25, 0.3) is 0 Å². The molecule has 0 radical (unpaired) electrons. The third kappa shape index (κ3) is 4.79. The van der Waals surface area contributed by atoms with Crippen molar-refractivity contribution >= 4 is 63.1 Å². The Morgan fingerprint density at radius 3 is 2.02 bits per heavy atom. The van der Waals surface area contributed by atoms with Crippen LogP contribution in [0.2, 0.25) is 0 Å². The van der Waals surface area contributed by atoms with E-state index in [-0.39, 0.29) is 0 Å². The predicted octanol–water partition coefficient (Wildman–Crippen LogP) is 12.1. The normalized spacial score (nSPS) is 13.3. The van der Waals surface area contributed by atoms with Crippen LogP contribution in [0, 0.1) is 0 Å². The van der Waals surface area contributed by atoms with Gasteiger partial charge in [0.2, 0.25) is 0 Å². The van der Waals surface area contributed by atoms with Gasteiger partial charge in [0, 0.05) is 16.3 Å². The van der Waals surface area contributed by atoms with Crippen molar-refractivity contribution in [1.82, 2.24) is 0 Å². The quantitative estimate of drug-likeness (QED) is 0.186. The molecule has 2 nitrogen and oxygen atoms in total. The fourth-order valence-electron chi connectivity index (χ4n) is 8.07. The highest BCUT2D eigenvalue weighted by Crippen LogP contribution is 2.41. The monoisotopic (exact) mass is 644 g/mol. The minimum absolute atomic E-state index is 0.809. The van der Waals surface area contributed by atoms with E-state index >= 15 is 0 Å². The highest BCUT2D eigenvalue weighted by Gasteiger charge is 2.21. The van der Waals surface area contributed by atoms with Gasteiger partial charge in [-0.3, -0.25) is 0 Å². The summed E-state index contributed by atoms with van der Waals surface area (Å²) in [6.07, 6.45) is 18.9. The first kappa shape index (κ1) is 30.0. The molecular formula is C48H36O2. The fourth-order valence-corrected chi connectivity index (χ4v) is 8.07. The molecule has 0 bridgehead atoms. The zero-order valence-electron chi connectivity index (χ0n) is 27.9. The molecule has 0 saturated heterocycles. The summed E-state index contributed by atoms with van der Waals surface area (Å²) >= 11 is 0. The van der Waals surface area contributed by atoms with E-state index in [9.17, 15) is 0 Å². The Labute approximate surface area is 291 Å². The highest BCUT2D eigenvalue weighted by atomic mass is 16.3. The molecule has 0 fully saturated rings. The summed E-state index contributed by atoms with van der Waals surface area (Å²) in [6.45, 7) is 8.60. The van der Waals surface area contributed by atoms with Crippen LogP contribution in [-0.2, 0) is 6.42 Å². The molecule has 0 spiro atoms. The maximum absolute atomic E-state index is 6.61. The van der Waals surface area contributed by atoms with Crippen molar-refractivity contribution in [3.63, 3.8) is 0 Å². The number of fused-ring (bicyclic) bond motifs is 9. The summed E-state index contributed by atoms with van der Waals surface area (Å²) in [4.78, 5) is 0. The van der Waals surface area contributed by atoms with Gasteiger partial charge in [-0.2, -0.15) is 0 Å². The Balaban J connectivity index is 1.28. The van der Waals surface area contributed by atoms with Crippen LogP contribution < -0.4 is 10.4 Å². The van der Waals surface area contributed by atoms with Gasteiger partial charge in [0.15, 0.2) is 0 Å². The maximum Gasteiger partial charge on any atom is 0.146 e. The van der Waals surface area contributed by atoms with E-state index in [1.54, 1.807) is 6.26 Å². The highest BCUT2D eigenvalue weighted by molar-refractivity contribution is 6.23. The van der Waals surface area contributed by atoms with E-state index in [0.717, 1.165) is 86.6 Å². The minimum atomic E-state index is 0.809. The standard InChI is InChI=1S/C48H36O2/c1-3-35-36(4-2)45(38-22-9-8-21-37(38)44(35)32-16-6-5-7-17-32)34-19-14-18-33(30-34)31-20-15-29-49-47-40-24-11-10-23-39(40)46-41-25-12-13-26-43(41)50-48(46)42(47)28-27-31/h3-7,10-11,13-24,26-30H,1-2,8-9,12,25H2. The summed E-state index contributed by atoms with van der Waals surface area (Å²) in [5, 5.41) is 6.92. The average Bonchev–Trinajstić information content (AvgIpc) is 3.61. The van der Waals surface area contributed by atoms with Crippen LogP contribution in [0.5, 0.6) is 0 Å². The second-order valence-electron chi connectivity index (χ2n) is 13.0. The lowest BCUT2D eigenvalue weighted by Gasteiger charge is -2.20. The summed E-state index contributed by atoms with van der Waals surface area (Å²) in [5.41, 5.74) is 12.1. The molecule has 50 heavy (non-hydrogen) atoms. The maximum atomic E-state index is 6.61. The Bertz CT molecular complexity index is 2730. The SMILES string of the molecule is C=Cc1c(C=C)c(-c2cccc(-c3cccoc4c5ccccc5c5c6c(oc5c4cc3)C=CCC6)c2)c2c(c1-c1ccccc1)=CCCC=2. The number of allylic oxidation sites excluding steroid dienone is 1. The van der Waals surface area contributed by atoms with Crippen molar-refractivity contribution < 1.29 is 8.83 Å². The number of benzene rings is 5. The van der Waals surface area contributed by atoms with Gasteiger partial charge in [-0.05, 0) is 110 Å². The van der Waals surface area contributed by atoms with Gasteiger partial charge in [-0.25, -0.2) is 0 Å². The summed E-state index contributed by atoms with van der Waals surface area (Å²) < 4.78 is 13.0. The molecule has 0 N–H and O–H groups in total. The molecule has 2 aliphatic carbocycles. The molecule has 0 saturated carbocycles. The molecule has 0 unspecified atom stereocenters. The van der Waals surface area contributed by atoms with Crippen molar-refractivity contribution in [2.75, 3.05) is 0 Å². The molecule has 0 aliphatic heterocycles. The van der Waals surface area contributed by atoms with Crippen LogP contribution in [0.25, 0.3) is 96.5 Å². The van der Waals surface area contributed by atoms with Crippen molar-refractivity contribution in [3.05, 3.63) is 162 Å². The minimum Gasteiger partial charge on any atom is -0.464 e. The lowest BCUT2D eigenvalue weighted by Crippen LogP contribution is -2.33. The van der Waals surface area contributed by atoms with Gasteiger partial charge in [0.1, 0.15) is 16.9 Å². The van der Waals surface area contributed by atoms with Crippen LogP contribution in [0.3, 0.4) is 0 Å². The Morgan fingerprint density at radius 1 is 0.560 bits per heavy atom. The van der Waals surface area contributed by atoms with Crippen LogP contribution in [0.1, 0.15) is 41.7 Å². The molecule has 0 amide bonds. The van der Waals surface area contributed by atoms with Gasteiger partial charge >= 0.3 is 0 Å². The first-order valence-corrected chi connectivity index (χ1v) is 17.4. The van der Waals surface area contributed by atoms with Gasteiger partial charge in [-0.1, -0.05) is 128 Å². The molecule has 7 aromatic rings. The van der Waals surface area contributed by atoms with Crippen LogP contribution in [0.15, 0.2) is 137 Å². The summed E-state index contributed by atoms with van der Waals surface area (Å²) in [6, 6.07) is 36.5. The number of rotatable bonds is 5. The molecule has 2 heterocycles. The number of aryl methyl sites for hydroxylation is 1. The van der Waals surface area contributed by atoms with Crippen LogP contribution in [0.4, 0.5) is 0 Å². The zero-order valence-corrected chi connectivity index (χ0v) is 27.9. The molecule has 2 heteroatoms. The summed E-state index contributed by atoms with van der Waals surface area (Å²) in [7, 11) is 0. The average molecular weight is 645 g/mol. The van der Waals surface area contributed by atoms with Crippen molar-refractivity contribution in [3.8, 4) is 33.4 Å². The van der Waals surface area contributed by atoms with E-state index < -0.39 is 0 Å². The number of furan rings is 1. The third-order valence-corrected chi connectivity index (χ3v) is 10.2. The van der Waals surface area contributed by atoms with Crippen LogP contribution in [-0.4, -0.2) is 0 Å². The second-order valence-corrected chi connectivity index (χ2v) is 13.0. The number of hydrogen-bond donors (Lipinski definition) is 0. The smallest absolute Gasteiger partial charge is 0.146 e. The Hall–Kier alpha value is -6.12. The van der Waals surface area contributed by atoms with Crippen molar-refractivity contribution in [2.24, 2.45) is 0 Å². The van der Waals surface area contributed by atoms with Crippen molar-refractivity contribution in [1.29, 1.82) is 0 Å². The molecule has 9 rings (SSSR count). The molecule has 2 aromatic heterocycles. The first-order valence-electron chi connectivity index (χ1n) is 17.4. The van der Waals surface area contributed by atoms with Gasteiger partial charge < -0.3 is 8.83 Å². The zero-order chi connectivity index (χ0) is 33.6. The Morgan fingerprint density at radius 2 is 1.24 bits per heavy atom. The fraction of sp³-hybridized carbons (Fsp3) is 0.0833. The van der Waals surface area contributed by atoms with E-state index in [0.29, 0.717) is 0 Å². The largest absolute Gasteiger partial charge is 0.464 e. The van der Waals surface area contributed by atoms with Gasteiger partial charge in [-0.15, -0.1) is 0 Å². The molecule has 240 valence electrons.